The average Bonchev–Trinajstić information content (AvgIpc) is 2.79. The minimum Gasteiger partial charge on any atom is -0.497 e. The van der Waals surface area contributed by atoms with E-state index < -0.39 is 0 Å². The third-order valence-corrected chi connectivity index (χ3v) is 5.44. The minimum atomic E-state index is 0.682. The van der Waals surface area contributed by atoms with Crippen molar-refractivity contribution in [3.63, 3.8) is 0 Å². The van der Waals surface area contributed by atoms with E-state index in [9.17, 15) is 0 Å². The highest BCUT2D eigenvalue weighted by molar-refractivity contribution is 5.40. The minimum absolute atomic E-state index is 0.682. The molecule has 1 aromatic heterocycles. The standard InChI is InChI=1S/C23H27N5O/c1-29-21-9-7-20(8-10-21)16-24-22-17-25-27-23(26-22)28-13-11-19(12-14-28)15-18-5-3-2-4-6-18/h2-10,17,19H,11-16H2,1H3,(H,24,26,27). The molecule has 29 heavy (non-hydrogen) atoms. The summed E-state index contributed by atoms with van der Waals surface area (Å²) in [5.74, 6) is 3.04. The molecule has 6 heteroatoms. The van der Waals surface area contributed by atoms with Crippen molar-refractivity contribution in [2.75, 3.05) is 30.4 Å². The van der Waals surface area contributed by atoms with E-state index in [1.165, 1.54) is 5.56 Å². The van der Waals surface area contributed by atoms with Gasteiger partial charge in [0.15, 0.2) is 5.82 Å². The maximum Gasteiger partial charge on any atom is 0.247 e. The molecule has 0 unspecified atom stereocenters. The molecule has 0 saturated carbocycles. The van der Waals surface area contributed by atoms with Crippen LogP contribution in [0, 0.1) is 5.92 Å². The van der Waals surface area contributed by atoms with E-state index in [0.29, 0.717) is 12.5 Å². The Kier molecular flexibility index (Phi) is 6.19. The number of nitrogens with one attached hydrogen (secondary N) is 1. The van der Waals surface area contributed by atoms with Crippen LogP contribution in [0.25, 0.3) is 0 Å². The number of aromatic nitrogens is 3. The summed E-state index contributed by atoms with van der Waals surface area (Å²) in [6, 6.07) is 18.8. The molecule has 1 saturated heterocycles. The van der Waals surface area contributed by atoms with E-state index in [2.05, 4.69) is 55.7 Å². The zero-order valence-corrected chi connectivity index (χ0v) is 16.8. The topological polar surface area (TPSA) is 63.2 Å². The van der Waals surface area contributed by atoms with Gasteiger partial charge in [-0.25, -0.2) is 0 Å². The molecule has 0 spiro atoms. The molecule has 1 fully saturated rings. The highest BCUT2D eigenvalue weighted by Gasteiger charge is 2.21. The van der Waals surface area contributed by atoms with E-state index in [1.54, 1.807) is 13.3 Å². The molecule has 2 heterocycles. The number of hydrogen-bond acceptors (Lipinski definition) is 6. The number of piperidine rings is 1. The Morgan fingerprint density at radius 2 is 1.76 bits per heavy atom. The lowest BCUT2D eigenvalue weighted by Gasteiger charge is -2.31. The van der Waals surface area contributed by atoms with Crippen LogP contribution in [0.1, 0.15) is 24.0 Å². The van der Waals surface area contributed by atoms with E-state index >= 15 is 0 Å². The van der Waals surface area contributed by atoms with Crippen molar-refractivity contribution in [2.45, 2.75) is 25.8 Å². The lowest BCUT2D eigenvalue weighted by atomic mass is 9.90. The van der Waals surface area contributed by atoms with Gasteiger partial charge in [0.05, 0.1) is 13.3 Å². The number of benzene rings is 2. The molecule has 6 nitrogen and oxygen atoms in total. The molecule has 150 valence electrons. The van der Waals surface area contributed by atoms with Gasteiger partial charge in [-0.05, 0) is 48.4 Å². The lowest BCUT2D eigenvalue weighted by molar-refractivity contribution is 0.400. The first-order valence-corrected chi connectivity index (χ1v) is 10.2. The third kappa shape index (κ3) is 5.22. The fourth-order valence-corrected chi connectivity index (χ4v) is 3.73. The fraction of sp³-hybridized carbons (Fsp3) is 0.348. The first-order valence-electron chi connectivity index (χ1n) is 10.2. The first-order chi connectivity index (χ1) is 14.3. The number of ether oxygens (including phenoxy) is 1. The Morgan fingerprint density at radius 3 is 2.48 bits per heavy atom. The van der Waals surface area contributed by atoms with E-state index in [0.717, 1.165) is 55.4 Å². The summed E-state index contributed by atoms with van der Waals surface area (Å²) in [6.07, 6.45) is 5.13. The van der Waals surface area contributed by atoms with E-state index in [1.807, 2.05) is 24.3 Å². The van der Waals surface area contributed by atoms with Gasteiger partial charge in [0, 0.05) is 19.6 Å². The molecule has 0 radical (unpaired) electrons. The van der Waals surface area contributed by atoms with Crippen molar-refractivity contribution < 1.29 is 4.74 Å². The van der Waals surface area contributed by atoms with Crippen molar-refractivity contribution >= 4 is 11.8 Å². The fourth-order valence-electron chi connectivity index (χ4n) is 3.73. The van der Waals surface area contributed by atoms with E-state index in [-0.39, 0.29) is 0 Å². The van der Waals surface area contributed by atoms with Crippen molar-refractivity contribution in [3.05, 3.63) is 71.9 Å². The van der Waals surface area contributed by atoms with Crippen molar-refractivity contribution in [1.29, 1.82) is 0 Å². The smallest absolute Gasteiger partial charge is 0.247 e. The Bertz CT molecular complexity index is 893. The highest BCUT2D eigenvalue weighted by atomic mass is 16.5. The zero-order valence-electron chi connectivity index (χ0n) is 16.8. The average molecular weight is 390 g/mol. The van der Waals surface area contributed by atoms with Gasteiger partial charge in [-0.2, -0.15) is 10.1 Å². The zero-order chi connectivity index (χ0) is 19.9. The Hall–Kier alpha value is -3.15. The molecule has 0 atom stereocenters. The quantitative estimate of drug-likeness (QED) is 0.660. The van der Waals surface area contributed by atoms with Gasteiger partial charge in [-0.3, -0.25) is 0 Å². The summed E-state index contributed by atoms with van der Waals surface area (Å²) in [4.78, 5) is 6.91. The van der Waals surface area contributed by atoms with E-state index in [4.69, 9.17) is 4.74 Å². The van der Waals surface area contributed by atoms with Crippen LogP contribution in [-0.4, -0.2) is 35.4 Å². The number of nitrogens with zero attached hydrogens (tertiary/aromatic N) is 4. The molecule has 2 aromatic carbocycles. The molecule has 1 N–H and O–H groups in total. The summed E-state index contributed by atoms with van der Waals surface area (Å²) in [6.45, 7) is 2.63. The van der Waals surface area contributed by atoms with Gasteiger partial charge in [0.25, 0.3) is 0 Å². The second-order valence-corrected chi connectivity index (χ2v) is 7.46. The van der Waals surface area contributed by atoms with Crippen LogP contribution in [0.15, 0.2) is 60.8 Å². The maximum atomic E-state index is 5.20. The summed E-state index contributed by atoms with van der Waals surface area (Å²) >= 11 is 0. The number of hydrogen-bond donors (Lipinski definition) is 1. The van der Waals surface area contributed by atoms with Gasteiger partial charge >= 0.3 is 0 Å². The summed E-state index contributed by atoms with van der Waals surface area (Å²) in [7, 11) is 1.67. The molecule has 4 rings (SSSR count). The van der Waals surface area contributed by atoms with Crippen LogP contribution in [0.2, 0.25) is 0 Å². The molecule has 0 bridgehead atoms. The van der Waals surface area contributed by atoms with Gasteiger partial charge in [-0.1, -0.05) is 42.5 Å². The normalized spacial score (nSPS) is 14.6. The van der Waals surface area contributed by atoms with Crippen LogP contribution in [-0.2, 0) is 13.0 Å². The van der Waals surface area contributed by atoms with Crippen molar-refractivity contribution in [2.24, 2.45) is 5.92 Å². The number of anilines is 2. The summed E-state index contributed by atoms with van der Waals surface area (Å²) < 4.78 is 5.20. The second-order valence-electron chi connectivity index (χ2n) is 7.46. The summed E-state index contributed by atoms with van der Waals surface area (Å²) in [5.41, 5.74) is 2.58. The molecule has 0 aliphatic carbocycles. The van der Waals surface area contributed by atoms with Crippen LogP contribution in [0.3, 0.4) is 0 Å². The Balaban J connectivity index is 1.30. The van der Waals surface area contributed by atoms with Gasteiger partial charge in [-0.15, -0.1) is 5.10 Å². The molecule has 1 aliphatic rings. The number of methoxy groups -OCH3 is 1. The SMILES string of the molecule is COc1ccc(CNc2cnnc(N3CCC(Cc4ccccc4)CC3)n2)cc1. The van der Waals surface area contributed by atoms with Crippen molar-refractivity contribution in [1.82, 2.24) is 15.2 Å². The molecular formula is C23H27N5O. The Labute approximate surface area is 172 Å². The van der Waals surface area contributed by atoms with Gasteiger partial charge in [0.2, 0.25) is 5.95 Å². The Morgan fingerprint density at radius 1 is 1.00 bits per heavy atom. The molecule has 3 aromatic rings. The van der Waals surface area contributed by atoms with Gasteiger partial charge < -0.3 is 15.0 Å². The summed E-state index contributed by atoms with van der Waals surface area (Å²) in [5, 5.41) is 11.7. The largest absolute Gasteiger partial charge is 0.497 e. The lowest BCUT2D eigenvalue weighted by Crippen LogP contribution is -2.35. The maximum absolute atomic E-state index is 5.20. The highest BCUT2D eigenvalue weighted by Crippen LogP contribution is 2.24. The monoisotopic (exact) mass is 389 g/mol. The predicted octanol–water partition coefficient (Wildman–Crippen LogP) is 3.95. The van der Waals surface area contributed by atoms with Crippen LogP contribution in [0.4, 0.5) is 11.8 Å². The van der Waals surface area contributed by atoms with Crippen molar-refractivity contribution in [3.8, 4) is 5.75 Å². The third-order valence-electron chi connectivity index (χ3n) is 5.44. The molecular weight excluding hydrogens is 362 g/mol. The van der Waals surface area contributed by atoms with Crippen LogP contribution in [0.5, 0.6) is 5.75 Å². The molecule has 0 amide bonds. The number of rotatable bonds is 7. The first kappa shape index (κ1) is 19.2. The molecule has 1 aliphatic heterocycles. The van der Waals surface area contributed by atoms with Crippen LogP contribution < -0.4 is 15.0 Å². The predicted molar refractivity (Wildman–Crippen MR) is 115 cm³/mol. The second kappa shape index (κ2) is 9.37. The van der Waals surface area contributed by atoms with Crippen LogP contribution >= 0.6 is 0 Å². The van der Waals surface area contributed by atoms with Gasteiger partial charge in [0.1, 0.15) is 5.75 Å².